The molecule has 0 saturated heterocycles. The van der Waals surface area contributed by atoms with Crippen LogP contribution in [0, 0.1) is 5.92 Å². The fraction of sp³-hybridized carbons (Fsp3) is 0.647. The number of nitrogens with two attached hydrogens (primary N) is 1. The summed E-state index contributed by atoms with van der Waals surface area (Å²) < 4.78 is 0. The Bertz CT molecular complexity index is 701. The number of hydrogen-bond donors (Lipinski definition) is 8. The summed E-state index contributed by atoms with van der Waals surface area (Å²) in [6.07, 6.45) is -1.47. The number of carboxylic acid groups (broad SMARTS) is 3. The van der Waals surface area contributed by atoms with Crippen molar-refractivity contribution < 1.29 is 44.1 Å². The molecule has 13 nitrogen and oxygen atoms in total. The number of hydrogen-bond acceptors (Lipinski definition) is 8. The van der Waals surface area contributed by atoms with E-state index in [-0.39, 0.29) is 18.1 Å². The van der Waals surface area contributed by atoms with E-state index in [1.807, 2.05) is 0 Å². The zero-order valence-electron chi connectivity index (χ0n) is 17.0. The lowest BCUT2D eigenvalue weighted by Crippen LogP contribution is -2.58. The van der Waals surface area contributed by atoms with E-state index >= 15 is 0 Å². The quantitative estimate of drug-likeness (QED) is 0.129. The molecule has 0 saturated carbocycles. The molecule has 31 heavy (non-hydrogen) atoms. The molecule has 0 aromatic heterocycles. The van der Waals surface area contributed by atoms with Crippen molar-refractivity contribution >= 4 is 48.3 Å². The molecule has 0 aliphatic rings. The lowest BCUT2D eigenvalue weighted by molar-refractivity contribution is -0.144. The highest BCUT2D eigenvalue weighted by atomic mass is 32.1. The van der Waals surface area contributed by atoms with Gasteiger partial charge >= 0.3 is 17.9 Å². The van der Waals surface area contributed by atoms with Gasteiger partial charge in [0.2, 0.25) is 17.7 Å². The molecule has 3 amide bonds. The third-order valence-electron chi connectivity index (χ3n) is 3.88. The fourth-order valence-corrected chi connectivity index (χ4v) is 2.63. The second-order valence-electron chi connectivity index (χ2n) is 7.14. The van der Waals surface area contributed by atoms with E-state index in [9.17, 15) is 33.9 Å². The molecule has 0 radical (unpaired) electrons. The van der Waals surface area contributed by atoms with E-state index in [1.54, 1.807) is 13.8 Å². The molecule has 14 heteroatoms. The van der Waals surface area contributed by atoms with Crippen molar-refractivity contribution in [3.05, 3.63) is 0 Å². The molecule has 176 valence electrons. The van der Waals surface area contributed by atoms with Gasteiger partial charge in [-0.1, -0.05) is 13.8 Å². The fourth-order valence-electron chi connectivity index (χ4n) is 2.38. The Kier molecular flexibility index (Phi) is 12.2. The first-order valence-electron chi connectivity index (χ1n) is 9.22. The minimum Gasteiger partial charge on any atom is -0.481 e. The summed E-state index contributed by atoms with van der Waals surface area (Å²) in [7, 11) is 0. The first kappa shape index (κ1) is 28.1. The molecule has 0 aliphatic carbocycles. The second kappa shape index (κ2) is 13.4. The Labute approximate surface area is 183 Å². The van der Waals surface area contributed by atoms with Crippen LogP contribution >= 0.6 is 12.6 Å². The molecule has 4 atom stereocenters. The summed E-state index contributed by atoms with van der Waals surface area (Å²) in [6.45, 7) is 3.46. The Morgan fingerprint density at radius 3 is 1.65 bits per heavy atom. The highest BCUT2D eigenvalue weighted by Gasteiger charge is 2.31. The number of carbonyl (C=O) groups excluding carboxylic acids is 3. The molecule has 0 bridgehead atoms. The van der Waals surface area contributed by atoms with Gasteiger partial charge in [0, 0.05) is 5.75 Å². The zero-order valence-corrected chi connectivity index (χ0v) is 17.9. The maximum atomic E-state index is 12.4. The molecule has 0 aromatic rings. The first-order valence-corrected chi connectivity index (χ1v) is 9.85. The Hall–Kier alpha value is -2.87. The van der Waals surface area contributed by atoms with Gasteiger partial charge in [-0.05, 0) is 12.3 Å². The van der Waals surface area contributed by atoms with Gasteiger partial charge in [0.25, 0.3) is 0 Å². The highest BCUT2D eigenvalue weighted by Crippen LogP contribution is 2.06. The van der Waals surface area contributed by atoms with Crippen molar-refractivity contribution in [1.29, 1.82) is 0 Å². The van der Waals surface area contributed by atoms with Crippen molar-refractivity contribution in [2.75, 3.05) is 5.75 Å². The van der Waals surface area contributed by atoms with Gasteiger partial charge in [0.15, 0.2) is 0 Å². The molecular formula is C17H28N4O9S. The minimum atomic E-state index is -1.63. The van der Waals surface area contributed by atoms with Gasteiger partial charge in [-0.25, -0.2) is 4.79 Å². The number of nitrogens with one attached hydrogen (secondary N) is 3. The first-order chi connectivity index (χ1) is 14.3. The second-order valence-corrected chi connectivity index (χ2v) is 7.50. The van der Waals surface area contributed by atoms with E-state index in [0.29, 0.717) is 0 Å². The largest absolute Gasteiger partial charge is 0.481 e. The van der Waals surface area contributed by atoms with E-state index in [1.165, 1.54) is 0 Å². The van der Waals surface area contributed by atoms with Crippen molar-refractivity contribution in [3.8, 4) is 0 Å². The summed E-state index contributed by atoms with van der Waals surface area (Å²) in [6, 6.07) is -5.73. The summed E-state index contributed by atoms with van der Waals surface area (Å²) in [5.74, 6) is -7.43. The maximum absolute atomic E-state index is 12.4. The summed E-state index contributed by atoms with van der Waals surface area (Å²) >= 11 is 3.90. The van der Waals surface area contributed by atoms with Crippen LogP contribution in [0.4, 0.5) is 0 Å². The molecule has 4 unspecified atom stereocenters. The highest BCUT2D eigenvalue weighted by molar-refractivity contribution is 7.80. The third kappa shape index (κ3) is 11.2. The van der Waals surface area contributed by atoms with E-state index in [2.05, 4.69) is 28.6 Å². The Morgan fingerprint density at radius 2 is 1.23 bits per heavy atom. The smallest absolute Gasteiger partial charge is 0.326 e. The Balaban J connectivity index is 5.29. The van der Waals surface area contributed by atoms with Crippen LogP contribution in [0.15, 0.2) is 0 Å². The average molecular weight is 464 g/mol. The lowest BCUT2D eigenvalue weighted by Gasteiger charge is -2.24. The van der Waals surface area contributed by atoms with Crippen LogP contribution < -0.4 is 21.7 Å². The summed E-state index contributed by atoms with van der Waals surface area (Å²) in [5, 5.41) is 33.4. The molecule has 0 rings (SSSR count). The van der Waals surface area contributed by atoms with E-state index in [4.69, 9.17) is 15.9 Å². The van der Waals surface area contributed by atoms with Crippen molar-refractivity contribution in [2.45, 2.75) is 57.3 Å². The third-order valence-corrected chi connectivity index (χ3v) is 4.25. The van der Waals surface area contributed by atoms with Gasteiger partial charge in [-0.3, -0.25) is 24.0 Å². The minimum absolute atomic E-state index is 0.0750. The topological polar surface area (TPSA) is 225 Å². The van der Waals surface area contributed by atoms with Crippen LogP contribution in [-0.4, -0.2) is 80.9 Å². The maximum Gasteiger partial charge on any atom is 0.326 e. The van der Waals surface area contributed by atoms with Gasteiger partial charge in [0.05, 0.1) is 18.9 Å². The van der Waals surface area contributed by atoms with Gasteiger partial charge in [-0.2, -0.15) is 12.6 Å². The predicted octanol–water partition coefficient (Wildman–Crippen LogP) is -2.22. The molecule has 0 aliphatic heterocycles. The SMILES string of the molecule is CC(C)CC(NC(=O)C(CC(=O)O)NC(=O)C(CS)NC(=O)C(N)CC(=O)O)C(=O)O. The van der Waals surface area contributed by atoms with Gasteiger partial charge < -0.3 is 37.0 Å². The Morgan fingerprint density at radius 1 is 0.774 bits per heavy atom. The normalized spacial score (nSPS) is 14.6. The average Bonchev–Trinajstić information content (AvgIpc) is 2.62. The molecule has 0 fully saturated rings. The molecule has 0 aromatic carbocycles. The van der Waals surface area contributed by atoms with Crippen LogP contribution in [0.2, 0.25) is 0 Å². The van der Waals surface area contributed by atoms with Crippen LogP contribution in [0.3, 0.4) is 0 Å². The van der Waals surface area contributed by atoms with Gasteiger partial charge in [-0.15, -0.1) is 0 Å². The van der Waals surface area contributed by atoms with E-state index < -0.39 is 72.6 Å². The van der Waals surface area contributed by atoms with Crippen LogP contribution in [-0.2, 0) is 28.8 Å². The van der Waals surface area contributed by atoms with Crippen LogP contribution in [0.1, 0.15) is 33.1 Å². The van der Waals surface area contributed by atoms with Crippen LogP contribution in [0.5, 0.6) is 0 Å². The van der Waals surface area contributed by atoms with Crippen molar-refractivity contribution in [2.24, 2.45) is 11.7 Å². The van der Waals surface area contributed by atoms with Crippen molar-refractivity contribution in [1.82, 2.24) is 16.0 Å². The van der Waals surface area contributed by atoms with Crippen molar-refractivity contribution in [3.63, 3.8) is 0 Å². The molecular weight excluding hydrogens is 436 g/mol. The summed E-state index contributed by atoms with van der Waals surface area (Å²) in [5.41, 5.74) is 5.41. The lowest BCUT2D eigenvalue weighted by atomic mass is 10.0. The number of carboxylic acids is 3. The number of carbonyl (C=O) groups is 6. The number of aliphatic carboxylic acids is 3. The van der Waals surface area contributed by atoms with Gasteiger partial charge in [0.1, 0.15) is 18.1 Å². The molecule has 8 N–H and O–H groups in total. The monoisotopic (exact) mass is 464 g/mol. The number of thiol groups is 1. The number of amides is 3. The summed E-state index contributed by atoms with van der Waals surface area (Å²) in [4.78, 5) is 69.8. The zero-order chi connectivity index (χ0) is 24.3. The molecule has 0 spiro atoms. The number of rotatable bonds is 14. The van der Waals surface area contributed by atoms with Crippen LogP contribution in [0.25, 0.3) is 0 Å². The molecule has 0 heterocycles. The standard InChI is InChI=1S/C17H28N4O9S/c1-7(2)3-10(17(29)30)20-15(27)9(5-13(24)25)19-16(28)11(6-31)21-14(26)8(18)4-12(22)23/h7-11,31H,3-6,18H2,1-2H3,(H,19,28)(H,20,27)(H,21,26)(H,22,23)(H,24,25)(H,29,30). The van der Waals surface area contributed by atoms with E-state index in [0.717, 1.165) is 0 Å². The predicted molar refractivity (Wildman–Crippen MR) is 109 cm³/mol.